The third-order valence-corrected chi connectivity index (χ3v) is 3.34. The Morgan fingerprint density at radius 3 is 2.89 bits per heavy atom. The second-order valence-corrected chi connectivity index (χ2v) is 4.65. The highest BCUT2D eigenvalue weighted by Gasteiger charge is 2.31. The van der Waals surface area contributed by atoms with Gasteiger partial charge in [-0.25, -0.2) is 4.98 Å². The third kappa shape index (κ3) is 2.99. The maximum atomic E-state index is 11.9. The molecule has 0 atom stereocenters. The molecule has 1 saturated carbocycles. The first kappa shape index (κ1) is 13.7. The summed E-state index contributed by atoms with van der Waals surface area (Å²) in [5, 5.41) is 13.3. The summed E-state index contributed by atoms with van der Waals surface area (Å²) in [5.74, 6) is -0.458. The normalized spacial score (nSPS) is 21.6. The molecule has 1 aliphatic carbocycles. The SMILES string of the molecule is COC1CC(NC(=O)c2cc([N+](=O)[O-])cnc2Cl)C1. The Hall–Kier alpha value is -1.73. The van der Waals surface area contributed by atoms with Gasteiger partial charge in [0.25, 0.3) is 11.6 Å². The van der Waals surface area contributed by atoms with Crippen LogP contribution in [0.4, 0.5) is 5.69 Å². The minimum absolute atomic E-state index is 0.00720. The van der Waals surface area contributed by atoms with Crippen LogP contribution in [0.15, 0.2) is 12.3 Å². The molecule has 0 aliphatic heterocycles. The fourth-order valence-electron chi connectivity index (χ4n) is 1.84. The number of pyridine rings is 1. The van der Waals surface area contributed by atoms with E-state index in [0.717, 1.165) is 25.1 Å². The van der Waals surface area contributed by atoms with Crippen molar-refractivity contribution in [3.8, 4) is 0 Å². The third-order valence-electron chi connectivity index (χ3n) is 3.04. The van der Waals surface area contributed by atoms with Crippen LogP contribution in [0.25, 0.3) is 0 Å². The van der Waals surface area contributed by atoms with E-state index in [9.17, 15) is 14.9 Å². The van der Waals surface area contributed by atoms with Crippen molar-refractivity contribution in [1.29, 1.82) is 0 Å². The summed E-state index contributed by atoms with van der Waals surface area (Å²) >= 11 is 5.78. The molecule has 0 unspecified atom stereocenters. The summed E-state index contributed by atoms with van der Waals surface area (Å²) < 4.78 is 5.10. The fraction of sp³-hybridized carbons (Fsp3) is 0.455. The zero-order valence-electron chi connectivity index (χ0n) is 10.1. The molecule has 1 amide bonds. The molecule has 19 heavy (non-hydrogen) atoms. The molecule has 1 aromatic rings. The molecule has 1 aromatic heterocycles. The maximum Gasteiger partial charge on any atom is 0.288 e. The molecule has 0 radical (unpaired) electrons. The highest BCUT2D eigenvalue weighted by Crippen LogP contribution is 2.24. The minimum atomic E-state index is -0.621. The Morgan fingerprint density at radius 2 is 2.32 bits per heavy atom. The van der Waals surface area contributed by atoms with Crippen LogP contribution in [-0.2, 0) is 4.74 Å². The number of methoxy groups -OCH3 is 1. The predicted molar refractivity (Wildman–Crippen MR) is 67.2 cm³/mol. The molecular formula is C11H12ClN3O4. The average Bonchev–Trinajstić information content (AvgIpc) is 2.33. The first-order valence-corrected chi connectivity index (χ1v) is 6.02. The lowest BCUT2D eigenvalue weighted by Gasteiger charge is -2.34. The Balaban J connectivity index is 2.06. The van der Waals surface area contributed by atoms with Crippen molar-refractivity contribution in [2.75, 3.05) is 7.11 Å². The molecule has 102 valence electrons. The van der Waals surface area contributed by atoms with E-state index in [4.69, 9.17) is 16.3 Å². The van der Waals surface area contributed by atoms with E-state index in [2.05, 4.69) is 10.3 Å². The van der Waals surface area contributed by atoms with E-state index in [1.807, 2.05) is 0 Å². The minimum Gasteiger partial charge on any atom is -0.381 e. The van der Waals surface area contributed by atoms with Crippen LogP contribution < -0.4 is 5.32 Å². The molecule has 0 bridgehead atoms. The summed E-state index contributed by atoms with van der Waals surface area (Å²) in [6.07, 6.45) is 2.62. The van der Waals surface area contributed by atoms with Crippen LogP contribution in [0.2, 0.25) is 5.15 Å². The van der Waals surface area contributed by atoms with E-state index < -0.39 is 10.8 Å². The number of hydrogen-bond acceptors (Lipinski definition) is 5. The number of halogens is 1. The largest absolute Gasteiger partial charge is 0.381 e. The van der Waals surface area contributed by atoms with Crippen LogP contribution >= 0.6 is 11.6 Å². The molecule has 0 aromatic carbocycles. The van der Waals surface area contributed by atoms with Crippen LogP contribution in [-0.4, -0.2) is 35.1 Å². The van der Waals surface area contributed by atoms with E-state index in [1.165, 1.54) is 0 Å². The lowest BCUT2D eigenvalue weighted by atomic mass is 9.89. The van der Waals surface area contributed by atoms with E-state index in [1.54, 1.807) is 7.11 Å². The lowest BCUT2D eigenvalue weighted by Crippen LogP contribution is -2.47. The van der Waals surface area contributed by atoms with Gasteiger partial charge in [0.1, 0.15) is 11.3 Å². The van der Waals surface area contributed by atoms with Gasteiger partial charge in [0.15, 0.2) is 0 Å². The first-order chi connectivity index (χ1) is 9.01. The number of nitrogens with zero attached hydrogens (tertiary/aromatic N) is 2. The Kier molecular flexibility index (Phi) is 3.96. The van der Waals surface area contributed by atoms with Crippen molar-refractivity contribution >= 4 is 23.2 Å². The Labute approximate surface area is 114 Å². The van der Waals surface area contributed by atoms with Crippen molar-refractivity contribution in [1.82, 2.24) is 10.3 Å². The standard InChI is InChI=1S/C11H12ClN3O4/c1-19-8-2-6(3-8)14-11(16)9-4-7(15(17)18)5-13-10(9)12/h4-6,8H,2-3H2,1H3,(H,14,16). The van der Waals surface area contributed by atoms with Gasteiger partial charge >= 0.3 is 0 Å². The molecule has 2 rings (SSSR count). The van der Waals surface area contributed by atoms with Crippen molar-refractivity contribution in [3.05, 3.63) is 33.1 Å². The van der Waals surface area contributed by atoms with Gasteiger partial charge in [-0.15, -0.1) is 0 Å². The van der Waals surface area contributed by atoms with Gasteiger partial charge in [0, 0.05) is 19.2 Å². The summed E-state index contributed by atoms with van der Waals surface area (Å²) in [6.45, 7) is 0. The molecule has 1 heterocycles. The molecule has 0 saturated heterocycles. The zero-order chi connectivity index (χ0) is 14.0. The number of carbonyl (C=O) groups excluding carboxylic acids is 1. The number of nitro groups is 1. The van der Waals surface area contributed by atoms with Crippen LogP contribution in [0.5, 0.6) is 0 Å². The van der Waals surface area contributed by atoms with Crippen LogP contribution in [0.3, 0.4) is 0 Å². The highest BCUT2D eigenvalue weighted by atomic mass is 35.5. The molecule has 8 heteroatoms. The number of nitrogens with one attached hydrogen (secondary N) is 1. The predicted octanol–water partition coefficient (Wildman–Crippen LogP) is 1.55. The smallest absolute Gasteiger partial charge is 0.288 e. The fourth-order valence-corrected chi connectivity index (χ4v) is 2.02. The molecule has 1 aliphatic rings. The van der Waals surface area contributed by atoms with Gasteiger partial charge in [-0.1, -0.05) is 11.6 Å². The first-order valence-electron chi connectivity index (χ1n) is 5.65. The van der Waals surface area contributed by atoms with E-state index in [0.29, 0.717) is 0 Å². The Morgan fingerprint density at radius 1 is 1.63 bits per heavy atom. The average molecular weight is 286 g/mol. The second kappa shape index (κ2) is 5.50. The van der Waals surface area contributed by atoms with Gasteiger partial charge in [-0.3, -0.25) is 14.9 Å². The number of ether oxygens (including phenoxy) is 1. The molecule has 7 nitrogen and oxygen atoms in total. The summed E-state index contributed by atoms with van der Waals surface area (Å²) in [6, 6.07) is 1.13. The molecular weight excluding hydrogens is 274 g/mol. The topological polar surface area (TPSA) is 94.4 Å². The van der Waals surface area contributed by atoms with Crippen molar-refractivity contribution in [2.24, 2.45) is 0 Å². The molecule has 1 N–H and O–H groups in total. The summed E-state index contributed by atoms with van der Waals surface area (Å²) in [7, 11) is 1.62. The van der Waals surface area contributed by atoms with Crippen molar-refractivity contribution in [2.45, 2.75) is 25.0 Å². The number of hydrogen-bond donors (Lipinski definition) is 1. The van der Waals surface area contributed by atoms with Crippen LogP contribution in [0, 0.1) is 10.1 Å². The highest BCUT2D eigenvalue weighted by molar-refractivity contribution is 6.32. The van der Waals surface area contributed by atoms with Crippen molar-refractivity contribution in [3.63, 3.8) is 0 Å². The maximum absolute atomic E-state index is 11.9. The second-order valence-electron chi connectivity index (χ2n) is 4.29. The lowest BCUT2D eigenvalue weighted by molar-refractivity contribution is -0.385. The van der Waals surface area contributed by atoms with E-state index in [-0.39, 0.29) is 28.5 Å². The van der Waals surface area contributed by atoms with Gasteiger partial charge in [0.2, 0.25) is 0 Å². The van der Waals surface area contributed by atoms with Gasteiger partial charge < -0.3 is 10.1 Å². The number of carbonyl (C=O) groups is 1. The number of aromatic nitrogens is 1. The molecule has 0 spiro atoms. The molecule has 1 fully saturated rings. The number of amides is 1. The van der Waals surface area contributed by atoms with Gasteiger partial charge in [-0.05, 0) is 12.8 Å². The zero-order valence-corrected chi connectivity index (χ0v) is 10.9. The number of rotatable bonds is 4. The van der Waals surface area contributed by atoms with Gasteiger partial charge in [0.05, 0.1) is 16.6 Å². The monoisotopic (exact) mass is 285 g/mol. The Bertz CT molecular complexity index is 517. The van der Waals surface area contributed by atoms with Crippen LogP contribution in [0.1, 0.15) is 23.2 Å². The summed E-state index contributed by atoms with van der Waals surface area (Å²) in [4.78, 5) is 25.6. The van der Waals surface area contributed by atoms with E-state index >= 15 is 0 Å². The quantitative estimate of drug-likeness (QED) is 0.514. The summed E-state index contributed by atoms with van der Waals surface area (Å²) in [5.41, 5.74) is -0.255. The van der Waals surface area contributed by atoms with Gasteiger partial charge in [-0.2, -0.15) is 0 Å². The van der Waals surface area contributed by atoms with Crippen molar-refractivity contribution < 1.29 is 14.5 Å².